The van der Waals surface area contributed by atoms with Crippen LogP contribution in [0.3, 0.4) is 0 Å². The second kappa shape index (κ2) is 8.29. The van der Waals surface area contributed by atoms with Gasteiger partial charge >= 0.3 is 0 Å². The van der Waals surface area contributed by atoms with Crippen molar-refractivity contribution in [3.63, 3.8) is 0 Å². The van der Waals surface area contributed by atoms with E-state index in [0.29, 0.717) is 23.4 Å². The van der Waals surface area contributed by atoms with Gasteiger partial charge in [-0.25, -0.2) is 0 Å². The number of phenolic OH excluding ortho intramolecular Hbond substituents is 1. The molecule has 0 unspecified atom stereocenters. The first-order valence-corrected chi connectivity index (χ1v) is 11.6. The van der Waals surface area contributed by atoms with Crippen LogP contribution in [0.4, 0.5) is 0 Å². The minimum Gasteiger partial charge on any atom is -0.507 e. The third kappa shape index (κ3) is 3.78. The lowest BCUT2D eigenvalue weighted by molar-refractivity contribution is -0.128. The van der Waals surface area contributed by atoms with Crippen LogP contribution in [0.5, 0.6) is 5.75 Å². The maximum absolute atomic E-state index is 12.9. The second-order valence-electron chi connectivity index (χ2n) is 9.33. The summed E-state index contributed by atoms with van der Waals surface area (Å²) in [5.41, 5.74) is 4.19. The summed E-state index contributed by atoms with van der Waals surface area (Å²) in [6, 6.07) is 16.3. The molecule has 2 saturated carbocycles. The van der Waals surface area contributed by atoms with Gasteiger partial charge in [0.15, 0.2) is 0 Å². The molecule has 158 valence electrons. The molecule has 1 aromatic heterocycles. The van der Waals surface area contributed by atoms with E-state index in [1.807, 2.05) is 18.2 Å². The molecule has 0 saturated heterocycles. The average Bonchev–Trinajstić information content (AvgIpc) is 3.24. The molecule has 30 heavy (non-hydrogen) atoms. The number of carbonyl (C=O) groups is 1. The zero-order valence-corrected chi connectivity index (χ0v) is 17.6. The molecule has 0 aliphatic heterocycles. The van der Waals surface area contributed by atoms with Crippen LogP contribution in [0.1, 0.15) is 70.7 Å². The highest BCUT2D eigenvalue weighted by molar-refractivity contribution is 5.87. The molecule has 3 nitrogen and oxygen atoms in total. The molecule has 3 heteroatoms. The van der Waals surface area contributed by atoms with Crippen LogP contribution in [-0.4, -0.2) is 15.9 Å². The van der Waals surface area contributed by atoms with E-state index in [9.17, 15) is 9.90 Å². The van der Waals surface area contributed by atoms with Crippen LogP contribution >= 0.6 is 0 Å². The standard InChI is InChI=1S/C27H31NO2.H2/c29-26-15-14-21(16-23(26)25-17-22-8-4-5-9-24(22)28-25)18-10-12-20(13-11-18)27(30)19-6-2-1-3-7-19;/h4-5,8-9,14-20,28-29H,1-3,6-7,10-13H2;1H. The van der Waals surface area contributed by atoms with Gasteiger partial charge in [-0.1, -0.05) is 43.5 Å². The number of rotatable bonds is 4. The normalized spacial score (nSPS) is 22.9. The average molecular weight is 404 g/mol. The Hall–Kier alpha value is -2.55. The SMILES string of the molecule is O=C(C1CCCCC1)C1CCC(c2ccc(O)c(-c3cc4ccccc4[nH]3)c2)CC1.[HH]. The van der Waals surface area contributed by atoms with E-state index in [2.05, 4.69) is 35.3 Å². The molecule has 2 fully saturated rings. The number of fused-ring (bicyclic) bond motifs is 1. The van der Waals surface area contributed by atoms with Crippen molar-refractivity contribution in [3.8, 4) is 17.0 Å². The third-order valence-corrected chi connectivity index (χ3v) is 7.45. The topological polar surface area (TPSA) is 53.1 Å². The zero-order chi connectivity index (χ0) is 20.5. The minimum atomic E-state index is 0. The molecule has 0 atom stereocenters. The van der Waals surface area contributed by atoms with Gasteiger partial charge in [0.05, 0.1) is 5.69 Å². The molecule has 1 heterocycles. The first kappa shape index (κ1) is 19.4. The summed E-state index contributed by atoms with van der Waals surface area (Å²) in [7, 11) is 0. The van der Waals surface area contributed by atoms with Gasteiger partial charge < -0.3 is 10.1 Å². The van der Waals surface area contributed by atoms with Crippen molar-refractivity contribution >= 4 is 16.7 Å². The molecule has 2 N–H and O–H groups in total. The summed E-state index contributed by atoms with van der Waals surface area (Å²) in [5, 5.41) is 11.7. The van der Waals surface area contributed by atoms with Gasteiger partial charge in [-0.3, -0.25) is 4.79 Å². The van der Waals surface area contributed by atoms with E-state index in [-0.39, 0.29) is 7.34 Å². The van der Waals surface area contributed by atoms with E-state index in [4.69, 9.17) is 0 Å². The summed E-state index contributed by atoms with van der Waals surface area (Å²) in [6.07, 6.45) is 10.2. The molecule has 2 aliphatic carbocycles. The fourth-order valence-corrected chi connectivity index (χ4v) is 5.67. The number of aromatic amines is 1. The van der Waals surface area contributed by atoms with Gasteiger partial charge in [-0.15, -0.1) is 0 Å². The fourth-order valence-electron chi connectivity index (χ4n) is 5.67. The number of nitrogens with one attached hydrogen (secondary N) is 1. The molecule has 0 spiro atoms. The van der Waals surface area contributed by atoms with E-state index in [1.54, 1.807) is 0 Å². The maximum atomic E-state index is 12.9. The van der Waals surface area contributed by atoms with Crippen molar-refractivity contribution in [2.75, 3.05) is 0 Å². The number of Topliss-reactive ketones (excluding diaryl/α,β-unsaturated/α-hetero) is 1. The lowest BCUT2D eigenvalue weighted by atomic mass is 9.72. The molecule has 2 aromatic carbocycles. The Morgan fingerprint density at radius 1 is 0.867 bits per heavy atom. The van der Waals surface area contributed by atoms with Crippen molar-refractivity contribution in [2.45, 2.75) is 63.7 Å². The van der Waals surface area contributed by atoms with Crippen LogP contribution in [0, 0.1) is 11.8 Å². The van der Waals surface area contributed by atoms with Crippen molar-refractivity contribution in [1.82, 2.24) is 4.98 Å². The number of carbonyl (C=O) groups excluding carboxylic acids is 1. The molecule has 3 aromatic rings. The van der Waals surface area contributed by atoms with E-state index >= 15 is 0 Å². The third-order valence-electron chi connectivity index (χ3n) is 7.45. The van der Waals surface area contributed by atoms with Crippen molar-refractivity contribution in [2.24, 2.45) is 11.8 Å². The molecule has 2 aliphatic rings. The number of benzene rings is 2. The van der Waals surface area contributed by atoms with Gasteiger partial charge in [0, 0.05) is 29.7 Å². The van der Waals surface area contributed by atoms with Gasteiger partial charge in [-0.05, 0) is 74.3 Å². The number of aromatic hydroxyl groups is 1. The van der Waals surface area contributed by atoms with Crippen molar-refractivity contribution in [3.05, 3.63) is 54.1 Å². The lowest BCUT2D eigenvalue weighted by Gasteiger charge is -2.31. The Labute approximate surface area is 180 Å². The van der Waals surface area contributed by atoms with E-state index < -0.39 is 0 Å². The van der Waals surface area contributed by atoms with Crippen LogP contribution in [0.15, 0.2) is 48.5 Å². The maximum Gasteiger partial charge on any atom is 0.139 e. The van der Waals surface area contributed by atoms with E-state index in [0.717, 1.165) is 60.7 Å². The zero-order valence-electron chi connectivity index (χ0n) is 17.6. The molecular formula is C27H33NO2. The van der Waals surface area contributed by atoms with Gasteiger partial charge in [0.2, 0.25) is 0 Å². The predicted molar refractivity (Wildman–Crippen MR) is 124 cm³/mol. The number of para-hydroxylation sites is 1. The van der Waals surface area contributed by atoms with Crippen molar-refractivity contribution < 1.29 is 11.3 Å². The molecule has 0 bridgehead atoms. The Bertz CT molecular complexity index is 1010. The summed E-state index contributed by atoms with van der Waals surface area (Å²) in [6.45, 7) is 0. The molecule has 5 rings (SSSR count). The predicted octanol–water partition coefficient (Wildman–Crippen LogP) is 7.21. The Morgan fingerprint density at radius 2 is 1.60 bits per heavy atom. The highest BCUT2D eigenvalue weighted by atomic mass is 16.3. The quantitative estimate of drug-likeness (QED) is 0.483. The number of phenols is 1. The first-order valence-electron chi connectivity index (χ1n) is 11.6. The van der Waals surface area contributed by atoms with Crippen LogP contribution < -0.4 is 0 Å². The van der Waals surface area contributed by atoms with Gasteiger partial charge in [-0.2, -0.15) is 0 Å². The minimum absolute atomic E-state index is 0. The smallest absolute Gasteiger partial charge is 0.139 e. The monoisotopic (exact) mass is 403 g/mol. The van der Waals surface area contributed by atoms with Crippen LogP contribution in [0.2, 0.25) is 0 Å². The fraction of sp³-hybridized carbons (Fsp3) is 0.444. The summed E-state index contributed by atoms with van der Waals surface area (Å²) in [4.78, 5) is 16.4. The Balaban J connectivity index is 0.00000231. The number of aromatic nitrogens is 1. The highest BCUT2D eigenvalue weighted by Gasteiger charge is 2.32. The molecular weight excluding hydrogens is 370 g/mol. The highest BCUT2D eigenvalue weighted by Crippen LogP contribution is 2.41. The largest absolute Gasteiger partial charge is 0.507 e. The number of hydrogen-bond acceptors (Lipinski definition) is 2. The second-order valence-corrected chi connectivity index (χ2v) is 9.33. The number of ketones is 1. The van der Waals surface area contributed by atoms with Crippen LogP contribution in [0.25, 0.3) is 22.2 Å². The van der Waals surface area contributed by atoms with Gasteiger partial charge in [0.1, 0.15) is 11.5 Å². The summed E-state index contributed by atoms with van der Waals surface area (Å²) in [5.74, 6) is 1.95. The number of H-pyrrole nitrogens is 1. The first-order chi connectivity index (χ1) is 14.7. The molecule has 0 radical (unpaired) electrons. The van der Waals surface area contributed by atoms with E-state index in [1.165, 1.54) is 24.8 Å². The lowest BCUT2D eigenvalue weighted by Crippen LogP contribution is -2.28. The van der Waals surface area contributed by atoms with Crippen LogP contribution in [-0.2, 0) is 4.79 Å². The summed E-state index contributed by atoms with van der Waals surface area (Å²) < 4.78 is 0. The van der Waals surface area contributed by atoms with Crippen molar-refractivity contribution in [1.29, 1.82) is 0 Å². The molecule has 0 amide bonds. The Kier molecular flexibility index (Phi) is 5.37. The summed E-state index contributed by atoms with van der Waals surface area (Å²) >= 11 is 0. The van der Waals surface area contributed by atoms with Gasteiger partial charge in [0.25, 0.3) is 0 Å². The Morgan fingerprint density at radius 3 is 2.37 bits per heavy atom. The number of hydrogen-bond donors (Lipinski definition) is 2.